The van der Waals surface area contributed by atoms with Gasteiger partial charge < -0.3 is 15.0 Å². The third kappa shape index (κ3) is 5.91. The first-order valence-electron chi connectivity index (χ1n) is 9.32. The third-order valence-corrected chi connectivity index (χ3v) is 7.23. The number of halogens is 1. The van der Waals surface area contributed by atoms with E-state index in [9.17, 15) is 8.42 Å². The van der Waals surface area contributed by atoms with Gasteiger partial charge in [-0.15, -0.1) is 24.0 Å². The summed E-state index contributed by atoms with van der Waals surface area (Å²) in [4.78, 5) is 9.14. The SMILES string of the molecule is CN=C(NCCN1CCCS1(=O)=O)N1CCN(CC2CCOC2)CC1.I. The summed E-state index contributed by atoms with van der Waals surface area (Å²) in [6.07, 6.45) is 1.92. The van der Waals surface area contributed by atoms with Crippen LogP contribution in [0.2, 0.25) is 0 Å². The van der Waals surface area contributed by atoms with Gasteiger partial charge >= 0.3 is 0 Å². The summed E-state index contributed by atoms with van der Waals surface area (Å²) >= 11 is 0. The highest BCUT2D eigenvalue weighted by molar-refractivity contribution is 14.0. The van der Waals surface area contributed by atoms with Gasteiger partial charge in [0.2, 0.25) is 10.0 Å². The van der Waals surface area contributed by atoms with Crippen LogP contribution < -0.4 is 5.32 Å². The van der Waals surface area contributed by atoms with Gasteiger partial charge in [-0.05, 0) is 18.8 Å². The topological polar surface area (TPSA) is 77.5 Å². The van der Waals surface area contributed by atoms with Crippen LogP contribution in [0.15, 0.2) is 4.99 Å². The fourth-order valence-electron chi connectivity index (χ4n) is 3.80. The minimum atomic E-state index is -3.01. The maximum atomic E-state index is 11.8. The van der Waals surface area contributed by atoms with Crippen molar-refractivity contribution in [1.82, 2.24) is 19.4 Å². The molecule has 3 rings (SSSR count). The first-order valence-corrected chi connectivity index (χ1v) is 10.9. The molecule has 0 aromatic carbocycles. The zero-order valence-corrected chi connectivity index (χ0v) is 18.7. The van der Waals surface area contributed by atoms with Crippen molar-refractivity contribution >= 4 is 40.0 Å². The molecule has 0 aromatic heterocycles. The largest absolute Gasteiger partial charge is 0.381 e. The van der Waals surface area contributed by atoms with E-state index >= 15 is 0 Å². The predicted octanol–water partition coefficient (Wildman–Crippen LogP) is -0.131. The molecule has 0 spiro atoms. The number of hydrogen-bond acceptors (Lipinski definition) is 5. The Hall–Kier alpha value is -0.170. The zero-order chi connectivity index (χ0) is 17.7. The number of guanidine groups is 1. The molecule has 0 amide bonds. The summed E-state index contributed by atoms with van der Waals surface area (Å²) in [7, 11) is -1.22. The Morgan fingerprint density at radius 1 is 1.23 bits per heavy atom. The van der Waals surface area contributed by atoms with Crippen molar-refractivity contribution in [3.63, 3.8) is 0 Å². The Morgan fingerprint density at radius 3 is 2.58 bits per heavy atom. The van der Waals surface area contributed by atoms with Crippen molar-refractivity contribution in [2.45, 2.75) is 12.8 Å². The van der Waals surface area contributed by atoms with Crippen molar-refractivity contribution in [2.24, 2.45) is 10.9 Å². The monoisotopic (exact) mass is 501 g/mol. The van der Waals surface area contributed by atoms with Crippen molar-refractivity contribution in [3.05, 3.63) is 0 Å². The second-order valence-electron chi connectivity index (χ2n) is 7.06. The fourth-order valence-corrected chi connectivity index (χ4v) is 5.33. The van der Waals surface area contributed by atoms with Crippen LogP contribution in [0, 0.1) is 5.92 Å². The smallest absolute Gasteiger partial charge is 0.214 e. The van der Waals surface area contributed by atoms with E-state index in [0.717, 1.165) is 58.3 Å². The minimum absolute atomic E-state index is 0. The van der Waals surface area contributed by atoms with E-state index in [1.807, 2.05) is 0 Å². The first kappa shape index (κ1) is 22.1. The molecule has 26 heavy (non-hydrogen) atoms. The van der Waals surface area contributed by atoms with E-state index in [1.54, 1.807) is 11.4 Å². The van der Waals surface area contributed by atoms with Crippen molar-refractivity contribution in [2.75, 3.05) is 78.4 Å². The number of ether oxygens (including phenoxy) is 1. The molecule has 3 heterocycles. The molecule has 0 aliphatic carbocycles. The van der Waals surface area contributed by atoms with Gasteiger partial charge in [-0.25, -0.2) is 12.7 Å². The van der Waals surface area contributed by atoms with Gasteiger partial charge in [-0.2, -0.15) is 0 Å². The molecule has 3 aliphatic heterocycles. The molecule has 3 fully saturated rings. The van der Waals surface area contributed by atoms with E-state index < -0.39 is 10.0 Å². The average molecular weight is 501 g/mol. The molecule has 3 saturated heterocycles. The number of nitrogens with one attached hydrogen (secondary N) is 1. The molecule has 152 valence electrons. The van der Waals surface area contributed by atoms with Crippen LogP contribution in [0.4, 0.5) is 0 Å². The van der Waals surface area contributed by atoms with Crippen LogP contribution in [0.1, 0.15) is 12.8 Å². The number of aliphatic imine (C=N–C) groups is 1. The molecule has 10 heteroatoms. The van der Waals surface area contributed by atoms with Gasteiger partial charge in [-0.1, -0.05) is 0 Å². The van der Waals surface area contributed by atoms with Gasteiger partial charge in [0.15, 0.2) is 5.96 Å². The number of rotatable bonds is 5. The maximum Gasteiger partial charge on any atom is 0.214 e. The summed E-state index contributed by atoms with van der Waals surface area (Å²) in [5.74, 6) is 1.85. The molecular weight excluding hydrogens is 469 g/mol. The highest BCUT2D eigenvalue weighted by atomic mass is 127. The molecule has 1 atom stereocenters. The average Bonchev–Trinajstić information content (AvgIpc) is 3.22. The first-order chi connectivity index (χ1) is 12.1. The molecule has 1 unspecified atom stereocenters. The van der Waals surface area contributed by atoms with E-state index in [2.05, 4.69) is 20.1 Å². The van der Waals surface area contributed by atoms with Crippen LogP contribution >= 0.6 is 24.0 Å². The number of hydrogen-bond donors (Lipinski definition) is 1. The highest BCUT2D eigenvalue weighted by Gasteiger charge is 2.28. The Balaban J connectivity index is 0.00000243. The molecular formula is C16H32IN5O3S. The molecule has 1 N–H and O–H groups in total. The lowest BCUT2D eigenvalue weighted by Gasteiger charge is -2.37. The third-order valence-electron chi connectivity index (χ3n) is 5.27. The van der Waals surface area contributed by atoms with Crippen LogP contribution in [0.5, 0.6) is 0 Å². The molecule has 0 aromatic rings. The number of piperazine rings is 1. The summed E-state index contributed by atoms with van der Waals surface area (Å²) in [5.41, 5.74) is 0. The summed E-state index contributed by atoms with van der Waals surface area (Å²) in [6.45, 7) is 8.70. The molecule has 3 aliphatic rings. The zero-order valence-electron chi connectivity index (χ0n) is 15.6. The van der Waals surface area contributed by atoms with Crippen LogP contribution in [0.3, 0.4) is 0 Å². The van der Waals surface area contributed by atoms with E-state index in [0.29, 0.717) is 25.6 Å². The fraction of sp³-hybridized carbons (Fsp3) is 0.938. The Bertz CT molecular complexity index is 560. The lowest BCUT2D eigenvalue weighted by molar-refractivity contribution is 0.139. The predicted molar refractivity (Wildman–Crippen MR) is 114 cm³/mol. The highest BCUT2D eigenvalue weighted by Crippen LogP contribution is 2.15. The quantitative estimate of drug-likeness (QED) is 0.322. The molecule has 0 bridgehead atoms. The lowest BCUT2D eigenvalue weighted by atomic mass is 10.1. The van der Waals surface area contributed by atoms with Gasteiger partial charge in [0.25, 0.3) is 0 Å². The van der Waals surface area contributed by atoms with Crippen molar-refractivity contribution in [1.29, 1.82) is 0 Å². The van der Waals surface area contributed by atoms with Gasteiger partial charge in [0.05, 0.1) is 12.4 Å². The Kier molecular flexibility index (Phi) is 8.84. The van der Waals surface area contributed by atoms with E-state index in [-0.39, 0.29) is 29.7 Å². The van der Waals surface area contributed by atoms with E-state index in [4.69, 9.17) is 4.74 Å². The summed E-state index contributed by atoms with van der Waals surface area (Å²) in [5, 5.41) is 3.32. The lowest BCUT2D eigenvalue weighted by Crippen LogP contribution is -2.53. The van der Waals surface area contributed by atoms with Crippen LogP contribution in [-0.2, 0) is 14.8 Å². The van der Waals surface area contributed by atoms with Crippen molar-refractivity contribution < 1.29 is 13.2 Å². The number of sulfonamides is 1. The van der Waals surface area contributed by atoms with Crippen molar-refractivity contribution in [3.8, 4) is 0 Å². The van der Waals surface area contributed by atoms with Gasteiger partial charge in [0.1, 0.15) is 0 Å². The number of nitrogens with zero attached hydrogens (tertiary/aromatic N) is 4. The summed E-state index contributed by atoms with van der Waals surface area (Å²) in [6, 6.07) is 0. The molecule has 0 radical (unpaired) electrons. The Labute approximate surface area is 174 Å². The maximum absolute atomic E-state index is 11.8. The second kappa shape index (κ2) is 10.4. The second-order valence-corrected chi connectivity index (χ2v) is 9.15. The van der Waals surface area contributed by atoms with Gasteiger partial charge in [0, 0.05) is 66.0 Å². The minimum Gasteiger partial charge on any atom is -0.381 e. The van der Waals surface area contributed by atoms with Crippen LogP contribution in [0.25, 0.3) is 0 Å². The van der Waals surface area contributed by atoms with E-state index in [1.165, 1.54) is 6.42 Å². The molecule has 0 saturated carbocycles. The summed E-state index contributed by atoms with van der Waals surface area (Å²) < 4.78 is 30.7. The Morgan fingerprint density at radius 2 is 2.00 bits per heavy atom. The normalized spacial score (nSPS) is 27.5. The van der Waals surface area contributed by atoms with Gasteiger partial charge in [-0.3, -0.25) is 9.89 Å². The molecule has 8 nitrogen and oxygen atoms in total. The standard InChI is InChI=1S/C16H31N5O3S.HI/c1-17-16(18-4-6-21-5-2-12-25(21,22)23)20-9-7-19(8-10-20)13-15-3-11-24-14-15;/h15H,2-14H2,1H3,(H,17,18);1H. The van der Waals surface area contributed by atoms with Crippen LogP contribution in [-0.4, -0.2) is 107 Å².